The highest BCUT2D eigenvalue weighted by molar-refractivity contribution is 14.1. The van der Waals surface area contributed by atoms with Crippen LogP contribution in [0, 0.1) is 0 Å². The van der Waals surface area contributed by atoms with Gasteiger partial charge in [0.05, 0.1) is 4.90 Å². The molecule has 1 fully saturated rings. The molecule has 1 saturated heterocycles. The number of nitrogens with zero attached hydrogens (tertiary/aromatic N) is 1. The molecule has 1 aliphatic heterocycles. The Morgan fingerprint density at radius 1 is 1.18 bits per heavy atom. The van der Waals surface area contributed by atoms with Gasteiger partial charge in [0, 0.05) is 42.0 Å². The summed E-state index contributed by atoms with van der Waals surface area (Å²) in [5.74, 6) is 0. The molecule has 0 spiro atoms. The third kappa shape index (κ3) is 3.64. The van der Waals surface area contributed by atoms with Gasteiger partial charge in [-0.1, -0.05) is 18.2 Å². The third-order valence-electron chi connectivity index (χ3n) is 2.82. The fraction of sp³-hybridized carbons (Fsp3) is 0.455. The highest BCUT2D eigenvalue weighted by Gasteiger charge is 2.23. The van der Waals surface area contributed by atoms with Crippen molar-refractivity contribution in [2.75, 3.05) is 13.1 Å². The van der Waals surface area contributed by atoms with Crippen molar-refractivity contribution in [2.24, 2.45) is 0 Å². The number of piperidine rings is 1. The second-order valence-corrected chi connectivity index (χ2v) is 7.20. The van der Waals surface area contributed by atoms with Crippen LogP contribution in [0.5, 0.6) is 0 Å². The van der Waals surface area contributed by atoms with Gasteiger partial charge in [0.1, 0.15) is 0 Å². The van der Waals surface area contributed by atoms with Gasteiger partial charge in [0.2, 0.25) is 10.0 Å². The van der Waals surface area contributed by atoms with Gasteiger partial charge in [-0.05, 0) is 25.0 Å². The molecule has 1 aromatic carbocycles. The van der Waals surface area contributed by atoms with Crippen LogP contribution in [0.2, 0.25) is 0 Å². The van der Waals surface area contributed by atoms with E-state index in [2.05, 4.69) is 30.7 Å². The molecule has 0 aliphatic carbocycles. The predicted molar refractivity (Wildman–Crippen MR) is 75.4 cm³/mol. The molecule has 1 N–H and O–H groups in total. The van der Waals surface area contributed by atoms with Crippen molar-refractivity contribution < 1.29 is 8.42 Å². The molecule has 0 amide bonds. The fourth-order valence-electron chi connectivity index (χ4n) is 1.85. The molecule has 0 bridgehead atoms. The minimum Gasteiger partial charge on any atom is -0.247 e. The lowest BCUT2D eigenvalue weighted by atomic mass is 10.1. The fourth-order valence-corrected chi connectivity index (χ4v) is 3.74. The monoisotopic (exact) mass is 366 g/mol. The molecule has 0 unspecified atom stereocenters. The summed E-state index contributed by atoms with van der Waals surface area (Å²) < 4.78 is 29.1. The van der Waals surface area contributed by atoms with Gasteiger partial charge in [-0.3, -0.25) is 0 Å². The van der Waals surface area contributed by atoms with Crippen molar-refractivity contribution in [1.29, 1.82) is 0 Å². The molecule has 4 nitrogen and oxygen atoms in total. The number of benzene rings is 1. The molecule has 1 aliphatic rings. The Bertz CT molecular complexity index is 456. The van der Waals surface area contributed by atoms with E-state index < -0.39 is 10.0 Å². The maximum absolute atomic E-state index is 12.1. The molecule has 94 valence electrons. The number of halogens is 1. The molecule has 0 atom stereocenters. The van der Waals surface area contributed by atoms with Gasteiger partial charge < -0.3 is 0 Å². The summed E-state index contributed by atoms with van der Waals surface area (Å²) in [6.07, 6.45) is 1.74. The minimum absolute atomic E-state index is 0.0613. The zero-order chi connectivity index (χ0) is 12.3. The van der Waals surface area contributed by atoms with Crippen molar-refractivity contribution in [3.05, 3.63) is 30.3 Å². The molecule has 17 heavy (non-hydrogen) atoms. The summed E-state index contributed by atoms with van der Waals surface area (Å²) in [6, 6.07) is 8.59. The van der Waals surface area contributed by atoms with Crippen LogP contribution in [0.3, 0.4) is 0 Å². The van der Waals surface area contributed by atoms with Gasteiger partial charge in [-0.2, -0.15) is 0 Å². The van der Waals surface area contributed by atoms with Gasteiger partial charge in [0.15, 0.2) is 0 Å². The molecular weight excluding hydrogens is 351 g/mol. The smallest absolute Gasteiger partial charge is 0.240 e. The number of nitrogens with one attached hydrogen (secondary N) is 1. The number of hydrogen-bond acceptors (Lipinski definition) is 3. The minimum atomic E-state index is -3.35. The van der Waals surface area contributed by atoms with Crippen molar-refractivity contribution >= 4 is 32.9 Å². The maximum Gasteiger partial charge on any atom is 0.240 e. The van der Waals surface area contributed by atoms with Crippen LogP contribution in [-0.2, 0) is 10.0 Å². The second-order valence-electron chi connectivity index (χ2n) is 4.12. The third-order valence-corrected chi connectivity index (χ3v) is 5.32. The summed E-state index contributed by atoms with van der Waals surface area (Å²) in [5.41, 5.74) is 0. The molecule has 6 heteroatoms. The quantitative estimate of drug-likeness (QED) is 0.656. The van der Waals surface area contributed by atoms with Crippen molar-refractivity contribution in [3.8, 4) is 0 Å². The SMILES string of the molecule is O=S(=O)(NC1CCN(I)CC1)c1ccccc1. The van der Waals surface area contributed by atoms with E-state index in [-0.39, 0.29) is 6.04 Å². The first kappa shape index (κ1) is 13.3. The lowest BCUT2D eigenvalue weighted by molar-refractivity contribution is 0.351. The highest BCUT2D eigenvalue weighted by atomic mass is 127. The second kappa shape index (κ2) is 5.64. The summed E-state index contributed by atoms with van der Waals surface area (Å²) >= 11 is 2.27. The van der Waals surface area contributed by atoms with Crippen LogP contribution < -0.4 is 4.72 Å². The Balaban J connectivity index is 2.03. The van der Waals surface area contributed by atoms with E-state index in [1.54, 1.807) is 24.3 Å². The Hall–Kier alpha value is -0.180. The summed E-state index contributed by atoms with van der Waals surface area (Å²) in [4.78, 5) is 0.344. The first-order valence-corrected chi connectivity index (χ1v) is 8.01. The van der Waals surface area contributed by atoms with Crippen LogP contribution in [0.4, 0.5) is 0 Å². The Morgan fingerprint density at radius 3 is 2.35 bits per heavy atom. The molecule has 1 heterocycles. The van der Waals surface area contributed by atoms with Gasteiger partial charge >= 0.3 is 0 Å². The van der Waals surface area contributed by atoms with E-state index >= 15 is 0 Å². The average molecular weight is 366 g/mol. The average Bonchev–Trinajstić information content (AvgIpc) is 2.33. The Kier molecular flexibility index (Phi) is 4.40. The van der Waals surface area contributed by atoms with E-state index in [4.69, 9.17) is 0 Å². The normalized spacial score (nSPS) is 19.4. The first-order valence-electron chi connectivity index (χ1n) is 5.56. The van der Waals surface area contributed by atoms with E-state index in [1.165, 1.54) is 0 Å². The Labute approximate surface area is 116 Å². The molecule has 2 rings (SSSR count). The Morgan fingerprint density at radius 2 is 1.76 bits per heavy atom. The molecule has 1 aromatic rings. The number of rotatable bonds is 3. The van der Waals surface area contributed by atoms with Crippen molar-refractivity contribution in [2.45, 2.75) is 23.8 Å². The predicted octanol–water partition coefficient (Wildman–Crippen LogP) is 1.78. The van der Waals surface area contributed by atoms with Crippen molar-refractivity contribution in [3.63, 3.8) is 0 Å². The van der Waals surface area contributed by atoms with Crippen LogP contribution >= 0.6 is 22.9 Å². The van der Waals surface area contributed by atoms with Crippen LogP contribution in [-0.4, -0.2) is 30.7 Å². The van der Waals surface area contributed by atoms with E-state index in [9.17, 15) is 8.42 Å². The van der Waals surface area contributed by atoms with E-state index in [1.807, 2.05) is 6.07 Å². The largest absolute Gasteiger partial charge is 0.247 e. The topological polar surface area (TPSA) is 49.4 Å². The van der Waals surface area contributed by atoms with Crippen LogP contribution in [0.25, 0.3) is 0 Å². The maximum atomic E-state index is 12.1. The van der Waals surface area contributed by atoms with Crippen molar-refractivity contribution in [1.82, 2.24) is 7.84 Å². The van der Waals surface area contributed by atoms with E-state index in [0.717, 1.165) is 25.9 Å². The summed E-state index contributed by atoms with van der Waals surface area (Å²) in [6.45, 7) is 1.87. The molecule has 0 saturated carbocycles. The summed E-state index contributed by atoms with van der Waals surface area (Å²) in [7, 11) is -3.35. The molecule has 0 aromatic heterocycles. The lowest BCUT2D eigenvalue weighted by Crippen LogP contribution is -2.41. The van der Waals surface area contributed by atoms with Gasteiger partial charge in [0.25, 0.3) is 0 Å². The first-order chi connectivity index (χ1) is 8.08. The molecule has 0 radical (unpaired) electrons. The van der Waals surface area contributed by atoms with Crippen LogP contribution in [0.1, 0.15) is 12.8 Å². The zero-order valence-electron chi connectivity index (χ0n) is 9.34. The standard InChI is InChI=1S/C11H15IN2O2S/c12-14-8-6-10(7-9-14)13-17(15,16)11-4-2-1-3-5-11/h1-5,10,13H,6-9H2. The van der Waals surface area contributed by atoms with Gasteiger partial charge in [-0.15, -0.1) is 0 Å². The van der Waals surface area contributed by atoms with E-state index in [0.29, 0.717) is 4.90 Å². The molecular formula is C11H15IN2O2S. The van der Waals surface area contributed by atoms with Gasteiger partial charge in [-0.25, -0.2) is 16.3 Å². The van der Waals surface area contributed by atoms with Crippen LogP contribution in [0.15, 0.2) is 35.2 Å². The highest BCUT2D eigenvalue weighted by Crippen LogP contribution is 2.16. The zero-order valence-corrected chi connectivity index (χ0v) is 12.3. The lowest BCUT2D eigenvalue weighted by Gasteiger charge is -2.27. The summed E-state index contributed by atoms with van der Waals surface area (Å²) in [5, 5.41) is 0. The number of hydrogen-bond donors (Lipinski definition) is 1. The number of sulfonamides is 1.